The van der Waals surface area contributed by atoms with Crippen LogP contribution in [-0.2, 0) is 11.3 Å². The maximum atomic E-state index is 11.9. The van der Waals surface area contributed by atoms with E-state index in [0.717, 1.165) is 21.0 Å². The number of carbonyl (C=O) groups is 1. The van der Waals surface area contributed by atoms with Crippen LogP contribution in [0.15, 0.2) is 34.2 Å². The van der Waals surface area contributed by atoms with E-state index < -0.39 is 0 Å². The molecule has 0 radical (unpaired) electrons. The minimum Gasteiger partial charge on any atom is -0.467 e. The summed E-state index contributed by atoms with van der Waals surface area (Å²) >= 11 is 3.29. The molecular weight excluding hydrogens is 330 g/mol. The van der Waals surface area contributed by atoms with Gasteiger partial charge in [0.2, 0.25) is 5.91 Å². The molecule has 0 fully saturated rings. The van der Waals surface area contributed by atoms with Crippen LogP contribution in [0.25, 0.3) is 10.2 Å². The Kier molecular flexibility index (Phi) is 4.97. The minimum absolute atomic E-state index is 0.0115. The third-order valence-electron chi connectivity index (χ3n) is 3.54. The smallest absolute Gasteiger partial charge is 0.221 e. The van der Waals surface area contributed by atoms with Crippen LogP contribution in [0.2, 0.25) is 0 Å². The third-order valence-corrected chi connectivity index (χ3v) is 5.64. The van der Waals surface area contributed by atoms with Crippen LogP contribution in [0.1, 0.15) is 22.6 Å². The lowest BCUT2D eigenvalue weighted by molar-refractivity contribution is -0.120. The van der Waals surface area contributed by atoms with Gasteiger partial charge in [0.1, 0.15) is 21.9 Å². The van der Waals surface area contributed by atoms with Gasteiger partial charge in [-0.15, -0.1) is 23.1 Å². The van der Waals surface area contributed by atoms with Crippen molar-refractivity contribution in [2.75, 3.05) is 5.75 Å². The van der Waals surface area contributed by atoms with Crippen molar-refractivity contribution >= 4 is 39.2 Å². The standard InChI is InChI=1S/C16H17N3O2S2/c1-10-11(2)23-16-14(10)15(18-9-19-16)22-7-5-13(20)17-8-12-4-3-6-21-12/h3-4,6,9H,5,7-8H2,1-2H3,(H,17,20). The number of rotatable bonds is 6. The number of thioether (sulfide) groups is 1. The van der Waals surface area contributed by atoms with Gasteiger partial charge in [-0.3, -0.25) is 4.79 Å². The van der Waals surface area contributed by atoms with Crippen LogP contribution >= 0.6 is 23.1 Å². The molecule has 0 aromatic carbocycles. The van der Waals surface area contributed by atoms with E-state index in [4.69, 9.17) is 4.42 Å². The Balaban J connectivity index is 1.55. The van der Waals surface area contributed by atoms with E-state index in [1.54, 1.807) is 35.7 Å². The van der Waals surface area contributed by atoms with Gasteiger partial charge in [0.05, 0.1) is 12.8 Å². The number of nitrogens with one attached hydrogen (secondary N) is 1. The van der Waals surface area contributed by atoms with Gasteiger partial charge in [-0.1, -0.05) is 0 Å². The fraction of sp³-hybridized carbons (Fsp3) is 0.312. The number of aromatic nitrogens is 2. The maximum Gasteiger partial charge on any atom is 0.221 e. The number of amides is 1. The highest BCUT2D eigenvalue weighted by Crippen LogP contribution is 2.34. The molecule has 7 heteroatoms. The molecule has 1 amide bonds. The van der Waals surface area contributed by atoms with E-state index in [-0.39, 0.29) is 5.91 Å². The summed E-state index contributed by atoms with van der Waals surface area (Å²) < 4.78 is 5.19. The molecule has 3 rings (SSSR count). The Morgan fingerprint density at radius 3 is 3.04 bits per heavy atom. The van der Waals surface area contributed by atoms with Gasteiger partial charge in [-0.25, -0.2) is 9.97 Å². The second-order valence-electron chi connectivity index (χ2n) is 5.10. The second kappa shape index (κ2) is 7.14. The van der Waals surface area contributed by atoms with Crippen LogP contribution in [-0.4, -0.2) is 21.6 Å². The maximum absolute atomic E-state index is 11.9. The zero-order valence-corrected chi connectivity index (χ0v) is 14.6. The van der Waals surface area contributed by atoms with Crippen molar-refractivity contribution in [3.05, 3.63) is 40.9 Å². The molecule has 3 aromatic rings. The number of hydrogen-bond acceptors (Lipinski definition) is 6. The number of furan rings is 1. The van der Waals surface area contributed by atoms with E-state index >= 15 is 0 Å². The van der Waals surface area contributed by atoms with Gasteiger partial charge >= 0.3 is 0 Å². The minimum atomic E-state index is 0.0115. The van der Waals surface area contributed by atoms with Crippen LogP contribution in [0.4, 0.5) is 0 Å². The average molecular weight is 347 g/mol. The topological polar surface area (TPSA) is 68.0 Å². The molecule has 3 aromatic heterocycles. The highest BCUT2D eigenvalue weighted by Gasteiger charge is 2.12. The summed E-state index contributed by atoms with van der Waals surface area (Å²) in [6.45, 7) is 4.62. The first-order valence-electron chi connectivity index (χ1n) is 7.27. The highest BCUT2D eigenvalue weighted by molar-refractivity contribution is 7.99. The number of aryl methyl sites for hydroxylation is 2. The van der Waals surface area contributed by atoms with Gasteiger partial charge in [0.15, 0.2) is 0 Å². The van der Waals surface area contributed by atoms with E-state index in [0.29, 0.717) is 18.7 Å². The molecule has 5 nitrogen and oxygen atoms in total. The zero-order valence-electron chi connectivity index (χ0n) is 13.0. The molecule has 0 aliphatic heterocycles. The zero-order chi connectivity index (χ0) is 16.2. The predicted molar refractivity (Wildman–Crippen MR) is 92.8 cm³/mol. The quantitative estimate of drug-likeness (QED) is 0.544. The monoisotopic (exact) mass is 347 g/mol. The summed E-state index contributed by atoms with van der Waals surface area (Å²) in [5.41, 5.74) is 1.23. The van der Waals surface area contributed by atoms with Crippen molar-refractivity contribution in [3.8, 4) is 0 Å². The molecule has 0 saturated heterocycles. The number of hydrogen-bond donors (Lipinski definition) is 1. The number of nitrogens with zero attached hydrogens (tertiary/aromatic N) is 2. The number of carbonyl (C=O) groups excluding carboxylic acids is 1. The lowest BCUT2D eigenvalue weighted by Gasteiger charge is -2.04. The van der Waals surface area contributed by atoms with Crippen molar-refractivity contribution in [1.82, 2.24) is 15.3 Å². The molecule has 3 heterocycles. The lowest BCUT2D eigenvalue weighted by Crippen LogP contribution is -2.22. The Labute approximate surface area is 142 Å². The van der Waals surface area contributed by atoms with Crippen LogP contribution in [0.5, 0.6) is 0 Å². The fourth-order valence-corrected chi connectivity index (χ4v) is 4.25. The van der Waals surface area contributed by atoms with Crippen molar-refractivity contribution < 1.29 is 9.21 Å². The summed E-state index contributed by atoms with van der Waals surface area (Å²) in [4.78, 5) is 22.8. The largest absolute Gasteiger partial charge is 0.467 e. The number of thiophene rings is 1. The van der Waals surface area contributed by atoms with Crippen molar-refractivity contribution in [1.29, 1.82) is 0 Å². The van der Waals surface area contributed by atoms with Gasteiger partial charge < -0.3 is 9.73 Å². The van der Waals surface area contributed by atoms with Gasteiger partial charge in [-0.05, 0) is 31.5 Å². The number of fused-ring (bicyclic) bond motifs is 1. The van der Waals surface area contributed by atoms with E-state index in [1.165, 1.54) is 10.4 Å². The Morgan fingerprint density at radius 1 is 1.39 bits per heavy atom. The molecule has 23 heavy (non-hydrogen) atoms. The molecule has 0 aliphatic rings. The van der Waals surface area contributed by atoms with E-state index in [1.807, 2.05) is 12.1 Å². The third kappa shape index (κ3) is 3.73. The Morgan fingerprint density at radius 2 is 2.26 bits per heavy atom. The summed E-state index contributed by atoms with van der Waals surface area (Å²) in [5, 5.41) is 4.92. The Bertz CT molecular complexity index is 812. The normalized spacial score (nSPS) is 11.0. The van der Waals surface area contributed by atoms with Crippen molar-refractivity contribution in [3.63, 3.8) is 0 Å². The van der Waals surface area contributed by atoms with Crippen molar-refractivity contribution in [2.45, 2.75) is 31.8 Å². The van der Waals surface area contributed by atoms with Crippen molar-refractivity contribution in [2.24, 2.45) is 0 Å². The first kappa shape index (κ1) is 16.0. The lowest BCUT2D eigenvalue weighted by atomic mass is 10.2. The molecule has 0 spiro atoms. The van der Waals surface area contributed by atoms with Gasteiger partial charge in [0, 0.05) is 22.4 Å². The van der Waals surface area contributed by atoms with E-state index in [2.05, 4.69) is 29.1 Å². The second-order valence-corrected chi connectivity index (χ2v) is 7.38. The summed E-state index contributed by atoms with van der Waals surface area (Å²) in [6, 6.07) is 3.65. The molecule has 0 aliphatic carbocycles. The van der Waals surface area contributed by atoms with Crippen LogP contribution in [0.3, 0.4) is 0 Å². The molecule has 120 valence electrons. The van der Waals surface area contributed by atoms with Gasteiger partial charge in [-0.2, -0.15) is 0 Å². The SMILES string of the molecule is Cc1sc2ncnc(SCCC(=O)NCc3ccco3)c2c1C. The van der Waals surface area contributed by atoms with Crippen LogP contribution in [0, 0.1) is 13.8 Å². The summed E-state index contributed by atoms with van der Waals surface area (Å²) in [5.74, 6) is 1.45. The molecule has 0 bridgehead atoms. The molecule has 0 atom stereocenters. The average Bonchev–Trinajstić information content (AvgIpc) is 3.15. The first-order valence-corrected chi connectivity index (χ1v) is 9.08. The van der Waals surface area contributed by atoms with Crippen LogP contribution < -0.4 is 5.32 Å². The van der Waals surface area contributed by atoms with Gasteiger partial charge in [0.25, 0.3) is 0 Å². The summed E-state index contributed by atoms with van der Waals surface area (Å²) in [6.07, 6.45) is 3.64. The summed E-state index contributed by atoms with van der Waals surface area (Å²) in [7, 11) is 0. The fourth-order valence-electron chi connectivity index (χ4n) is 2.19. The van der Waals surface area contributed by atoms with E-state index in [9.17, 15) is 4.79 Å². The molecule has 0 saturated carbocycles. The molecular formula is C16H17N3O2S2. The predicted octanol–water partition coefficient (Wildman–Crippen LogP) is 3.70. The Hall–Kier alpha value is -1.86. The highest BCUT2D eigenvalue weighted by atomic mass is 32.2. The first-order chi connectivity index (χ1) is 11.1. The molecule has 0 unspecified atom stereocenters. The molecule has 1 N–H and O–H groups in total.